The Kier molecular flexibility index (Phi) is 5.66. The highest BCUT2D eigenvalue weighted by atomic mass is 19.1. The molecule has 7 heteroatoms. The van der Waals surface area contributed by atoms with Crippen LogP contribution in [0.3, 0.4) is 0 Å². The van der Waals surface area contributed by atoms with Crippen molar-refractivity contribution in [2.75, 3.05) is 31.5 Å². The van der Waals surface area contributed by atoms with Crippen molar-refractivity contribution in [1.29, 1.82) is 0 Å². The number of anilines is 1. The fourth-order valence-corrected chi connectivity index (χ4v) is 4.86. The summed E-state index contributed by atoms with van der Waals surface area (Å²) in [5.41, 5.74) is 2.33. The standard InChI is InChI=1S/C25H27FN4O2/c26-19-6-8-20(9-7-19)27-24(31)23-16-18-15-17(5-10-22(18)28-23)25(32)30-13-11-29(12-14-30)21-3-1-2-4-21/h5-10,15-16,21,28H,1-4,11-14H2,(H,27,31). The molecule has 0 unspecified atom stereocenters. The van der Waals surface area contributed by atoms with Gasteiger partial charge in [0.05, 0.1) is 0 Å². The van der Waals surface area contributed by atoms with Gasteiger partial charge in [-0.1, -0.05) is 12.8 Å². The topological polar surface area (TPSA) is 68.4 Å². The Hall–Kier alpha value is -3.19. The summed E-state index contributed by atoms with van der Waals surface area (Å²) in [5.74, 6) is -0.633. The Morgan fingerprint density at radius 1 is 0.938 bits per heavy atom. The number of nitrogens with one attached hydrogen (secondary N) is 2. The van der Waals surface area contributed by atoms with E-state index >= 15 is 0 Å². The summed E-state index contributed by atoms with van der Waals surface area (Å²) in [6, 6.07) is 13.5. The molecule has 0 bridgehead atoms. The summed E-state index contributed by atoms with van der Waals surface area (Å²) >= 11 is 0. The van der Waals surface area contributed by atoms with E-state index in [9.17, 15) is 14.0 Å². The van der Waals surface area contributed by atoms with Crippen LogP contribution in [0.15, 0.2) is 48.5 Å². The normalized spacial score (nSPS) is 17.7. The Morgan fingerprint density at radius 3 is 2.38 bits per heavy atom. The van der Waals surface area contributed by atoms with Crippen LogP contribution in [0.4, 0.5) is 10.1 Å². The van der Waals surface area contributed by atoms with Crippen LogP contribution in [0.5, 0.6) is 0 Å². The largest absolute Gasteiger partial charge is 0.351 e. The number of hydrogen-bond acceptors (Lipinski definition) is 3. The average Bonchev–Trinajstić information content (AvgIpc) is 3.50. The third-order valence-electron chi connectivity index (χ3n) is 6.66. The van der Waals surface area contributed by atoms with Gasteiger partial charge in [-0.3, -0.25) is 14.5 Å². The molecule has 1 saturated heterocycles. The van der Waals surface area contributed by atoms with Gasteiger partial charge >= 0.3 is 0 Å². The molecule has 1 aliphatic heterocycles. The molecular weight excluding hydrogens is 407 g/mol. The van der Waals surface area contributed by atoms with Gasteiger partial charge in [0.1, 0.15) is 11.5 Å². The first-order valence-electron chi connectivity index (χ1n) is 11.3. The number of nitrogens with zero attached hydrogens (tertiary/aromatic N) is 2. The van der Waals surface area contributed by atoms with Crippen molar-refractivity contribution in [3.05, 3.63) is 65.6 Å². The van der Waals surface area contributed by atoms with Crippen LogP contribution in [-0.2, 0) is 0 Å². The Labute approximate surface area is 186 Å². The van der Waals surface area contributed by atoms with Crippen LogP contribution in [0.2, 0.25) is 0 Å². The van der Waals surface area contributed by atoms with E-state index in [4.69, 9.17) is 0 Å². The summed E-state index contributed by atoms with van der Waals surface area (Å²) < 4.78 is 13.1. The minimum Gasteiger partial charge on any atom is -0.351 e. The first-order valence-corrected chi connectivity index (χ1v) is 11.3. The maximum Gasteiger partial charge on any atom is 0.272 e. The maximum atomic E-state index is 13.1. The SMILES string of the molecule is O=C(Nc1ccc(F)cc1)c1cc2cc(C(=O)N3CCN(C4CCCC4)CC3)ccc2[nH]1. The Bertz CT molecular complexity index is 1130. The van der Waals surface area contributed by atoms with E-state index in [0.29, 0.717) is 23.0 Å². The highest BCUT2D eigenvalue weighted by Crippen LogP contribution is 2.25. The second kappa shape index (κ2) is 8.74. The zero-order valence-electron chi connectivity index (χ0n) is 17.9. The molecule has 166 valence electrons. The summed E-state index contributed by atoms with van der Waals surface area (Å²) in [5, 5.41) is 3.56. The van der Waals surface area contributed by atoms with E-state index in [1.807, 2.05) is 23.1 Å². The first-order chi connectivity index (χ1) is 15.6. The van der Waals surface area contributed by atoms with Gasteiger partial charge in [0.25, 0.3) is 11.8 Å². The molecule has 2 aliphatic rings. The molecule has 0 atom stereocenters. The average molecular weight is 435 g/mol. The molecule has 6 nitrogen and oxygen atoms in total. The monoisotopic (exact) mass is 434 g/mol. The lowest BCUT2D eigenvalue weighted by Gasteiger charge is -2.38. The molecular formula is C25H27FN4O2. The number of carbonyl (C=O) groups excluding carboxylic acids is 2. The zero-order valence-corrected chi connectivity index (χ0v) is 17.9. The molecule has 32 heavy (non-hydrogen) atoms. The Morgan fingerprint density at radius 2 is 1.66 bits per heavy atom. The van der Waals surface area contributed by atoms with Crippen LogP contribution < -0.4 is 5.32 Å². The third-order valence-corrected chi connectivity index (χ3v) is 6.66. The number of carbonyl (C=O) groups is 2. The summed E-state index contributed by atoms with van der Waals surface area (Å²) in [6.45, 7) is 3.39. The van der Waals surface area contributed by atoms with E-state index in [0.717, 1.165) is 37.1 Å². The number of halogens is 1. The van der Waals surface area contributed by atoms with E-state index in [-0.39, 0.29) is 17.6 Å². The lowest BCUT2D eigenvalue weighted by Crippen LogP contribution is -2.51. The van der Waals surface area contributed by atoms with Gasteiger partial charge in [-0.25, -0.2) is 4.39 Å². The van der Waals surface area contributed by atoms with Crippen LogP contribution >= 0.6 is 0 Å². The van der Waals surface area contributed by atoms with Gasteiger partial charge in [0, 0.05) is 54.4 Å². The van der Waals surface area contributed by atoms with Gasteiger partial charge in [0.2, 0.25) is 0 Å². The highest BCUT2D eigenvalue weighted by Gasteiger charge is 2.28. The lowest BCUT2D eigenvalue weighted by molar-refractivity contribution is 0.0573. The predicted molar refractivity (Wildman–Crippen MR) is 122 cm³/mol. The van der Waals surface area contributed by atoms with Crippen molar-refractivity contribution >= 4 is 28.4 Å². The summed E-state index contributed by atoms with van der Waals surface area (Å²) in [6.07, 6.45) is 5.22. The molecule has 1 aromatic heterocycles. The molecule has 0 spiro atoms. The first kappa shape index (κ1) is 20.7. The van der Waals surface area contributed by atoms with Gasteiger partial charge in [0.15, 0.2) is 0 Å². The number of amides is 2. The number of hydrogen-bond donors (Lipinski definition) is 2. The lowest BCUT2D eigenvalue weighted by atomic mass is 10.1. The predicted octanol–water partition coefficient (Wildman–Crippen LogP) is 4.26. The van der Waals surface area contributed by atoms with Crippen LogP contribution in [0.25, 0.3) is 10.9 Å². The van der Waals surface area contributed by atoms with Crippen LogP contribution in [-0.4, -0.2) is 58.8 Å². The van der Waals surface area contributed by atoms with Gasteiger partial charge < -0.3 is 15.2 Å². The maximum absolute atomic E-state index is 13.1. The second-order valence-corrected chi connectivity index (χ2v) is 8.71. The number of fused-ring (bicyclic) bond motifs is 1. The van der Waals surface area contributed by atoms with Crippen molar-refractivity contribution in [2.24, 2.45) is 0 Å². The zero-order chi connectivity index (χ0) is 22.1. The van der Waals surface area contributed by atoms with Gasteiger partial charge in [-0.15, -0.1) is 0 Å². The van der Waals surface area contributed by atoms with Crippen molar-refractivity contribution in [2.45, 2.75) is 31.7 Å². The quantitative estimate of drug-likeness (QED) is 0.645. The van der Waals surface area contributed by atoms with Gasteiger partial charge in [-0.2, -0.15) is 0 Å². The van der Waals surface area contributed by atoms with Crippen LogP contribution in [0, 0.1) is 5.82 Å². The molecule has 2 heterocycles. The molecule has 2 fully saturated rings. The number of piperazine rings is 1. The number of rotatable bonds is 4. The minimum absolute atomic E-state index is 0.0384. The molecule has 3 aromatic rings. The van der Waals surface area contributed by atoms with E-state index in [1.165, 1.54) is 49.9 Å². The van der Waals surface area contributed by atoms with E-state index in [1.54, 1.807) is 6.07 Å². The number of H-pyrrole nitrogens is 1. The molecule has 1 aliphatic carbocycles. The molecule has 2 amide bonds. The summed E-state index contributed by atoms with van der Waals surface area (Å²) in [4.78, 5) is 33.2. The Balaban J connectivity index is 1.26. The third kappa shape index (κ3) is 4.25. The number of benzene rings is 2. The van der Waals surface area contributed by atoms with Crippen LogP contribution in [0.1, 0.15) is 46.5 Å². The fraction of sp³-hybridized carbons (Fsp3) is 0.360. The number of aromatic nitrogens is 1. The minimum atomic E-state index is -0.356. The molecule has 5 rings (SSSR count). The smallest absolute Gasteiger partial charge is 0.272 e. The van der Waals surface area contributed by atoms with E-state index < -0.39 is 0 Å². The van der Waals surface area contributed by atoms with E-state index in [2.05, 4.69) is 15.2 Å². The number of aromatic amines is 1. The summed E-state index contributed by atoms with van der Waals surface area (Å²) in [7, 11) is 0. The van der Waals surface area contributed by atoms with Crippen molar-refractivity contribution < 1.29 is 14.0 Å². The van der Waals surface area contributed by atoms with Gasteiger partial charge in [-0.05, 0) is 61.4 Å². The van der Waals surface area contributed by atoms with Crippen molar-refractivity contribution in [1.82, 2.24) is 14.8 Å². The van der Waals surface area contributed by atoms with Crippen molar-refractivity contribution in [3.63, 3.8) is 0 Å². The molecule has 1 saturated carbocycles. The molecule has 0 radical (unpaired) electrons. The fourth-order valence-electron chi connectivity index (χ4n) is 4.86. The highest BCUT2D eigenvalue weighted by molar-refractivity contribution is 6.07. The molecule has 2 N–H and O–H groups in total. The molecule has 2 aromatic carbocycles. The second-order valence-electron chi connectivity index (χ2n) is 8.71. The van der Waals surface area contributed by atoms with Crippen molar-refractivity contribution in [3.8, 4) is 0 Å².